The summed E-state index contributed by atoms with van der Waals surface area (Å²) in [4.78, 5) is 19.0. The number of aryl methyl sites for hydroxylation is 1. The second-order valence-corrected chi connectivity index (χ2v) is 7.97. The number of hydrogen-bond acceptors (Lipinski definition) is 6. The normalized spacial score (nSPS) is 16.5. The van der Waals surface area contributed by atoms with Gasteiger partial charge in [-0.2, -0.15) is 4.98 Å². The molecule has 7 nitrogen and oxygen atoms in total. The summed E-state index contributed by atoms with van der Waals surface area (Å²) in [5, 5.41) is 7.08. The quantitative estimate of drug-likeness (QED) is 0.696. The molecule has 0 spiro atoms. The SMILES string of the molecule is COc1ccc(-c2noc(CCCC(=O)NCC(C)N3CCC(C)CC3)n2)cc1. The average Bonchev–Trinajstić information content (AvgIpc) is 3.21. The third-order valence-electron chi connectivity index (χ3n) is 5.65. The van der Waals surface area contributed by atoms with Crippen LogP contribution in [-0.4, -0.2) is 53.7 Å². The number of methoxy groups -OCH3 is 1. The molecule has 7 heteroatoms. The summed E-state index contributed by atoms with van der Waals surface area (Å²) < 4.78 is 10.5. The van der Waals surface area contributed by atoms with E-state index in [0.29, 0.717) is 43.6 Å². The van der Waals surface area contributed by atoms with Gasteiger partial charge in [0.1, 0.15) is 5.75 Å². The van der Waals surface area contributed by atoms with Gasteiger partial charge in [0.05, 0.1) is 7.11 Å². The maximum absolute atomic E-state index is 12.2. The van der Waals surface area contributed by atoms with E-state index >= 15 is 0 Å². The molecule has 0 radical (unpaired) electrons. The molecular weight excluding hydrogens is 368 g/mol. The van der Waals surface area contributed by atoms with Crippen LogP contribution in [0.25, 0.3) is 11.4 Å². The molecule has 1 amide bonds. The van der Waals surface area contributed by atoms with E-state index < -0.39 is 0 Å². The highest BCUT2D eigenvalue weighted by Crippen LogP contribution is 2.20. The fraction of sp³-hybridized carbons (Fsp3) is 0.591. The van der Waals surface area contributed by atoms with Gasteiger partial charge < -0.3 is 14.6 Å². The Kier molecular flexibility index (Phi) is 7.63. The van der Waals surface area contributed by atoms with Gasteiger partial charge in [-0.15, -0.1) is 0 Å². The molecule has 1 aromatic carbocycles. The van der Waals surface area contributed by atoms with E-state index in [2.05, 4.69) is 34.2 Å². The first kappa shape index (κ1) is 21.3. The second-order valence-electron chi connectivity index (χ2n) is 7.97. The third-order valence-corrected chi connectivity index (χ3v) is 5.65. The Labute approximate surface area is 172 Å². The van der Waals surface area contributed by atoms with Crippen molar-refractivity contribution in [3.05, 3.63) is 30.2 Å². The standard InChI is InChI=1S/C22H32N4O3/c1-16-11-13-26(14-12-16)17(2)15-23-20(27)5-4-6-21-24-22(25-29-21)18-7-9-19(28-3)10-8-18/h7-10,16-17H,4-6,11-15H2,1-3H3,(H,23,27). The van der Waals surface area contributed by atoms with Gasteiger partial charge in [-0.05, 0) is 69.5 Å². The first-order valence-electron chi connectivity index (χ1n) is 10.5. The number of benzene rings is 1. The number of nitrogens with zero attached hydrogens (tertiary/aromatic N) is 3. The molecule has 3 rings (SSSR count). The average molecular weight is 401 g/mol. The van der Waals surface area contributed by atoms with Crippen LogP contribution in [0.15, 0.2) is 28.8 Å². The van der Waals surface area contributed by atoms with Crippen LogP contribution in [0.1, 0.15) is 45.4 Å². The number of carbonyl (C=O) groups excluding carboxylic acids is 1. The lowest BCUT2D eigenvalue weighted by molar-refractivity contribution is -0.121. The molecule has 1 fully saturated rings. The third kappa shape index (κ3) is 6.29. The highest BCUT2D eigenvalue weighted by Gasteiger charge is 2.20. The molecule has 0 bridgehead atoms. The number of rotatable bonds is 9. The molecular formula is C22H32N4O3. The first-order chi connectivity index (χ1) is 14.0. The second kappa shape index (κ2) is 10.4. The fourth-order valence-corrected chi connectivity index (χ4v) is 3.56. The van der Waals surface area contributed by atoms with Crippen molar-refractivity contribution in [1.82, 2.24) is 20.4 Å². The van der Waals surface area contributed by atoms with E-state index in [-0.39, 0.29) is 5.91 Å². The van der Waals surface area contributed by atoms with Crippen LogP contribution < -0.4 is 10.1 Å². The van der Waals surface area contributed by atoms with Gasteiger partial charge in [-0.3, -0.25) is 9.69 Å². The van der Waals surface area contributed by atoms with Crippen LogP contribution in [0.3, 0.4) is 0 Å². The number of likely N-dealkylation sites (tertiary alicyclic amines) is 1. The highest BCUT2D eigenvalue weighted by atomic mass is 16.5. The molecule has 158 valence electrons. The predicted molar refractivity (Wildman–Crippen MR) is 112 cm³/mol. The Bertz CT molecular complexity index is 767. The summed E-state index contributed by atoms with van der Waals surface area (Å²) in [6.07, 6.45) is 4.24. The minimum atomic E-state index is 0.0807. The smallest absolute Gasteiger partial charge is 0.226 e. The highest BCUT2D eigenvalue weighted by molar-refractivity contribution is 5.75. The van der Waals surface area contributed by atoms with E-state index in [9.17, 15) is 4.79 Å². The zero-order valence-corrected chi connectivity index (χ0v) is 17.7. The van der Waals surface area contributed by atoms with Gasteiger partial charge in [0, 0.05) is 31.0 Å². The van der Waals surface area contributed by atoms with E-state index in [1.165, 1.54) is 12.8 Å². The lowest BCUT2D eigenvalue weighted by atomic mass is 9.98. The number of amides is 1. The summed E-state index contributed by atoms with van der Waals surface area (Å²) in [6.45, 7) is 7.47. The number of nitrogens with one attached hydrogen (secondary N) is 1. The lowest BCUT2D eigenvalue weighted by Crippen LogP contribution is -2.45. The maximum Gasteiger partial charge on any atom is 0.226 e. The van der Waals surface area contributed by atoms with E-state index in [1.54, 1.807) is 7.11 Å². The van der Waals surface area contributed by atoms with Crippen LogP contribution in [-0.2, 0) is 11.2 Å². The van der Waals surface area contributed by atoms with Gasteiger partial charge in [0.25, 0.3) is 0 Å². The molecule has 1 aliphatic rings. The number of carbonyl (C=O) groups is 1. The summed E-state index contributed by atoms with van der Waals surface area (Å²) in [5.41, 5.74) is 0.875. The summed E-state index contributed by atoms with van der Waals surface area (Å²) in [7, 11) is 1.63. The molecule has 1 aliphatic heterocycles. The van der Waals surface area contributed by atoms with Crippen LogP contribution in [0.2, 0.25) is 0 Å². The Hall–Kier alpha value is -2.41. The van der Waals surface area contributed by atoms with Crippen LogP contribution >= 0.6 is 0 Å². The van der Waals surface area contributed by atoms with Gasteiger partial charge in [-0.1, -0.05) is 12.1 Å². The van der Waals surface area contributed by atoms with Crippen molar-refractivity contribution in [2.45, 2.75) is 52.0 Å². The van der Waals surface area contributed by atoms with Crippen LogP contribution in [0.5, 0.6) is 5.75 Å². The van der Waals surface area contributed by atoms with E-state index in [1.807, 2.05) is 24.3 Å². The fourth-order valence-electron chi connectivity index (χ4n) is 3.56. The van der Waals surface area contributed by atoms with Crippen molar-refractivity contribution in [1.29, 1.82) is 0 Å². The summed E-state index contributed by atoms with van der Waals surface area (Å²) in [6, 6.07) is 7.90. The van der Waals surface area contributed by atoms with Crippen LogP contribution in [0.4, 0.5) is 0 Å². The molecule has 2 aromatic rings. The number of aromatic nitrogens is 2. The minimum Gasteiger partial charge on any atom is -0.497 e. The van der Waals surface area contributed by atoms with Crippen molar-refractivity contribution in [3.63, 3.8) is 0 Å². The molecule has 29 heavy (non-hydrogen) atoms. The molecule has 1 unspecified atom stereocenters. The first-order valence-corrected chi connectivity index (χ1v) is 10.5. The number of ether oxygens (including phenoxy) is 1. The van der Waals surface area contributed by atoms with Gasteiger partial charge in [-0.25, -0.2) is 0 Å². The molecule has 1 N–H and O–H groups in total. The monoisotopic (exact) mass is 400 g/mol. The van der Waals surface area contributed by atoms with E-state index in [4.69, 9.17) is 9.26 Å². The molecule has 0 aliphatic carbocycles. The Balaban J connectivity index is 1.36. The Morgan fingerprint density at radius 3 is 2.72 bits per heavy atom. The van der Waals surface area contributed by atoms with Crippen molar-refractivity contribution >= 4 is 5.91 Å². The predicted octanol–water partition coefficient (Wildman–Crippen LogP) is 3.30. The van der Waals surface area contributed by atoms with E-state index in [0.717, 1.165) is 30.3 Å². The minimum absolute atomic E-state index is 0.0807. The molecule has 0 saturated carbocycles. The molecule has 1 saturated heterocycles. The van der Waals surface area contributed by atoms with Crippen molar-refractivity contribution < 1.29 is 14.1 Å². The van der Waals surface area contributed by atoms with Gasteiger partial charge in [0.15, 0.2) is 0 Å². The number of piperidine rings is 1. The molecule has 2 heterocycles. The zero-order chi connectivity index (χ0) is 20.6. The molecule has 1 aromatic heterocycles. The molecule has 1 atom stereocenters. The van der Waals surface area contributed by atoms with Crippen molar-refractivity contribution in [2.24, 2.45) is 5.92 Å². The van der Waals surface area contributed by atoms with Gasteiger partial charge >= 0.3 is 0 Å². The topological polar surface area (TPSA) is 80.5 Å². The summed E-state index contributed by atoms with van der Waals surface area (Å²) in [5.74, 6) is 2.80. The van der Waals surface area contributed by atoms with Crippen LogP contribution in [0, 0.1) is 5.92 Å². The largest absolute Gasteiger partial charge is 0.497 e. The van der Waals surface area contributed by atoms with Crippen molar-refractivity contribution in [3.8, 4) is 17.1 Å². The Morgan fingerprint density at radius 2 is 2.03 bits per heavy atom. The number of hydrogen-bond donors (Lipinski definition) is 1. The maximum atomic E-state index is 12.2. The Morgan fingerprint density at radius 1 is 1.31 bits per heavy atom. The van der Waals surface area contributed by atoms with Crippen molar-refractivity contribution in [2.75, 3.05) is 26.7 Å². The zero-order valence-electron chi connectivity index (χ0n) is 17.7. The lowest BCUT2D eigenvalue weighted by Gasteiger charge is -2.35. The summed E-state index contributed by atoms with van der Waals surface area (Å²) >= 11 is 0. The van der Waals surface area contributed by atoms with Gasteiger partial charge in [0.2, 0.25) is 17.6 Å².